The molecular weight excluding hydrogens is 400 g/mol. The third-order valence-electron chi connectivity index (χ3n) is 4.34. The lowest BCUT2D eigenvalue weighted by Crippen LogP contribution is -2.19. The van der Waals surface area contributed by atoms with E-state index in [4.69, 9.17) is 9.47 Å². The van der Waals surface area contributed by atoms with Crippen LogP contribution in [0.1, 0.15) is 24.6 Å². The zero-order valence-electron chi connectivity index (χ0n) is 17.2. The molecule has 160 valence electrons. The summed E-state index contributed by atoms with van der Waals surface area (Å²) in [6.45, 7) is 3.68. The Morgan fingerprint density at radius 1 is 1.16 bits per heavy atom. The Morgan fingerprint density at radius 2 is 1.94 bits per heavy atom. The number of hydrogen-bond acceptors (Lipinski definition) is 7. The molecule has 0 bridgehead atoms. The minimum atomic E-state index is -0.594. The Kier molecular flexibility index (Phi) is 7.10. The predicted molar refractivity (Wildman–Crippen MR) is 114 cm³/mol. The Balaban J connectivity index is 1.62. The molecule has 9 heteroatoms. The van der Waals surface area contributed by atoms with Crippen molar-refractivity contribution in [1.29, 1.82) is 0 Å². The Morgan fingerprint density at radius 3 is 2.65 bits per heavy atom. The fourth-order valence-electron chi connectivity index (χ4n) is 2.88. The van der Waals surface area contributed by atoms with E-state index in [0.29, 0.717) is 22.8 Å². The smallest absolute Gasteiger partial charge is 0.411 e. The number of ether oxygens (including phenoxy) is 2. The molecule has 0 atom stereocenters. The average molecular weight is 422 g/mol. The summed E-state index contributed by atoms with van der Waals surface area (Å²) in [4.78, 5) is 47.4. The summed E-state index contributed by atoms with van der Waals surface area (Å²) in [5, 5.41) is 2.54. The van der Waals surface area contributed by atoms with Gasteiger partial charge in [-0.3, -0.25) is 19.9 Å². The monoisotopic (exact) mass is 422 g/mol. The molecule has 3 rings (SSSR count). The second-order valence-corrected chi connectivity index (χ2v) is 6.56. The minimum absolute atomic E-state index is 0.00423. The summed E-state index contributed by atoms with van der Waals surface area (Å²) in [6.07, 6.45) is 2.82. The SMILES string of the molecule is CCOC(=O)Nc1cccc(OC(=O)CCc2c(C)nc(-c3ccncc3)[nH]c2=O)c1. The average Bonchev–Trinajstić information content (AvgIpc) is 2.74. The number of anilines is 1. The first kappa shape index (κ1) is 21.7. The van der Waals surface area contributed by atoms with Crippen molar-refractivity contribution >= 4 is 17.7 Å². The van der Waals surface area contributed by atoms with Crippen LogP contribution in [0.5, 0.6) is 5.75 Å². The fraction of sp³-hybridized carbons (Fsp3) is 0.227. The van der Waals surface area contributed by atoms with Gasteiger partial charge in [-0.15, -0.1) is 0 Å². The van der Waals surface area contributed by atoms with Gasteiger partial charge in [-0.25, -0.2) is 9.78 Å². The van der Waals surface area contributed by atoms with Crippen LogP contribution in [0, 0.1) is 6.92 Å². The van der Waals surface area contributed by atoms with Gasteiger partial charge in [0, 0.05) is 41.0 Å². The first-order valence-electron chi connectivity index (χ1n) is 9.71. The number of amides is 1. The first-order chi connectivity index (χ1) is 15.0. The van der Waals surface area contributed by atoms with Crippen molar-refractivity contribution in [3.63, 3.8) is 0 Å². The van der Waals surface area contributed by atoms with E-state index in [2.05, 4.69) is 20.3 Å². The highest BCUT2D eigenvalue weighted by Crippen LogP contribution is 2.19. The largest absolute Gasteiger partial charge is 0.450 e. The molecule has 0 radical (unpaired) electrons. The van der Waals surface area contributed by atoms with Crippen molar-refractivity contribution in [2.24, 2.45) is 0 Å². The van der Waals surface area contributed by atoms with E-state index in [1.807, 2.05) is 0 Å². The van der Waals surface area contributed by atoms with Gasteiger partial charge >= 0.3 is 12.1 Å². The quantitative estimate of drug-likeness (QED) is 0.442. The summed E-state index contributed by atoms with van der Waals surface area (Å²) < 4.78 is 10.1. The summed E-state index contributed by atoms with van der Waals surface area (Å²) in [5.74, 6) is 0.212. The molecule has 1 amide bonds. The van der Waals surface area contributed by atoms with Gasteiger partial charge in [0.2, 0.25) is 0 Å². The van der Waals surface area contributed by atoms with E-state index in [9.17, 15) is 14.4 Å². The molecule has 0 aliphatic carbocycles. The number of aromatic nitrogens is 3. The van der Waals surface area contributed by atoms with Crippen LogP contribution in [-0.2, 0) is 16.0 Å². The third kappa shape index (κ3) is 5.99. The van der Waals surface area contributed by atoms with Crippen molar-refractivity contribution in [3.05, 3.63) is 70.4 Å². The maximum Gasteiger partial charge on any atom is 0.411 e. The van der Waals surface area contributed by atoms with Gasteiger partial charge in [0.05, 0.1) is 13.0 Å². The minimum Gasteiger partial charge on any atom is -0.450 e. The topological polar surface area (TPSA) is 123 Å². The van der Waals surface area contributed by atoms with Crippen LogP contribution in [0.25, 0.3) is 11.4 Å². The molecule has 2 aromatic heterocycles. The summed E-state index contributed by atoms with van der Waals surface area (Å²) in [6, 6.07) is 9.89. The summed E-state index contributed by atoms with van der Waals surface area (Å²) >= 11 is 0. The number of carbonyl (C=O) groups is 2. The van der Waals surface area contributed by atoms with Gasteiger partial charge in [-0.1, -0.05) is 6.07 Å². The van der Waals surface area contributed by atoms with Crippen molar-refractivity contribution < 1.29 is 19.1 Å². The molecule has 31 heavy (non-hydrogen) atoms. The number of esters is 1. The number of pyridine rings is 1. The van der Waals surface area contributed by atoms with E-state index in [1.54, 1.807) is 56.6 Å². The van der Waals surface area contributed by atoms with Crippen molar-refractivity contribution in [2.75, 3.05) is 11.9 Å². The predicted octanol–water partition coefficient (Wildman–Crippen LogP) is 3.25. The number of carbonyl (C=O) groups excluding carboxylic acids is 2. The molecule has 0 saturated heterocycles. The molecule has 0 saturated carbocycles. The Hall–Kier alpha value is -4.01. The number of H-pyrrole nitrogens is 1. The lowest BCUT2D eigenvalue weighted by molar-refractivity contribution is -0.134. The number of aromatic amines is 1. The highest BCUT2D eigenvalue weighted by Gasteiger charge is 2.13. The number of aryl methyl sites for hydroxylation is 1. The van der Waals surface area contributed by atoms with Gasteiger partial charge in [-0.05, 0) is 44.5 Å². The Bertz CT molecular complexity index is 1130. The number of nitrogens with one attached hydrogen (secondary N) is 2. The Labute approximate surface area is 178 Å². The van der Waals surface area contributed by atoms with Gasteiger partial charge < -0.3 is 14.5 Å². The molecule has 0 aliphatic heterocycles. The third-order valence-corrected chi connectivity index (χ3v) is 4.34. The molecule has 0 aliphatic rings. The zero-order valence-corrected chi connectivity index (χ0v) is 17.2. The molecule has 1 aromatic carbocycles. The number of benzene rings is 1. The molecule has 9 nitrogen and oxygen atoms in total. The molecule has 0 fully saturated rings. The van der Waals surface area contributed by atoms with E-state index in [-0.39, 0.29) is 30.8 Å². The maximum atomic E-state index is 12.5. The summed E-state index contributed by atoms with van der Waals surface area (Å²) in [7, 11) is 0. The zero-order chi connectivity index (χ0) is 22.2. The second-order valence-electron chi connectivity index (χ2n) is 6.56. The van der Waals surface area contributed by atoms with Gasteiger partial charge in [-0.2, -0.15) is 0 Å². The highest BCUT2D eigenvalue weighted by molar-refractivity contribution is 5.85. The van der Waals surface area contributed by atoms with Crippen molar-refractivity contribution in [1.82, 2.24) is 15.0 Å². The van der Waals surface area contributed by atoms with E-state index in [0.717, 1.165) is 5.56 Å². The lowest BCUT2D eigenvalue weighted by atomic mass is 10.1. The molecule has 0 unspecified atom stereocenters. The molecule has 3 aromatic rings. The fourth-order valence-corrected chi connectivity index (χ4v) is 2.88. The molecule has 2 N–H and O–H groups in total. The van der Waals surface area contributed by atoms with Crippen LogP contribution in [0.3, 0.4) is 0 Å². The normalized spacial score (nSPS) is 10.4. The number of nitrogens with zero attached hydrogens (tertiary/aromatic N) is 2. The van der Waals surface area contributed by atoms with Crippen LogP contribution >= 0.6 is 0 Å². The number of hydrogen-bond donors (Lipinski definition) is 2. The standard InChI is InChI=1S/C22H22N4O5/c1-3-30-22(29)25-16-5-4-6-17(13-16)31-19(27)8-7-18-14(2)24-20(26-21(18)28)15-9-11-23-12-10-15/h4-6,9-13H,3,7-8H2,1-2H3,(H,25,29)(H,24,26,28). The lowest BCUT2D eigenvalue weighted by Gasteiger charge is -2.09. The van der Waals surface area contributed by atoms with Crippen LogP contribution < -0.4 is 15.6 Å². The maximum absolute atomic E-state index is 12.5. The second kappa shape index (κ2) is 10.1. The van der Waals surface area contributed by atoms with Gasteiger partial charge in [0.15, 0.2) is 0 Å². The molecular formula is C22H22N4O5. The van der Waals surface area contributed by atoms with E-state index in [1.165, 1.54) is 6.07 Å². The first-order valence-corrected chi connectivity index (χ1v) is 9.71. The van der Waals surface area contributed by atoms with Crippen LogP contribution in [0.4, 0.5) is 10.5 Å². The molecule has 2 heterocycles. The van der Waals surface area contributed by atoms with Crippen molar-refractivity contribution in [2.45, 2.75) is 26.7 Å². The highest BCUT2D eigenvalue weighted by atomic mass is 16.5. The van der Waals surface area contributed by atoms with Gasteiger partial charge in [0.25, 0.3) is 5.56 Å². The van der Waals surface area contributed by atoms with E-state index < -0.39 is 12.1 Å². The number of rotatable bonds is 7. The summed E-state index contributed by atoms with van der Waals surface area (Å²) in [5.41, 5.74) is 1.86. The van der Waals surface area contributed by atoms with Gasteiger partial charge in [0.1, 0.15) is 11.6 Å². The van der Waals surface area contributed by atoms with Crippen LogP contribution in [0.15, 0.2) is 53.6 Å². The van der Waals surface area contributed by atoms with E-state index >= 15 is 0 Å². The van der Waals surface area contributed by atoms with Crippen LogP contribution in [-0.4, -0.2) is 33.6 Å². The molecule has 0 spiro atoms. The van der Waals surface area contributed by atoms with Crippen molar-refractivity contribution in [3.8, 4) is 17.1 Å². The van der Waals surface area contributed by atoms with Crippen LogP contribution in [0.2, 0.25) is 0 Å².